The third-order valence-corrected chi connectivity index (χ3v) is 8.47. The van der Waals surface area contributed by atoms with E-state index in [1.165, 1.54) is 24.8 Å². The summed E-state index contributed by atoms with van der Waals surface area (Å²) in [4.78, 5) is 28.0. The normalized spacial score (nSPS) is 32.0. The second kappa shape index (κ2) is 9.05. The molecule has 4 bridgehead atoms. The molecule has 1 saturated heterocycles. The number of carbonyl (C=O) groups excluding carboxylic acids is 2. The molecule has 5 aliphatic rings. The number of methoxy groups -OCH3 is 1. The number of piperidine rings is 1. The van der Waals surface area contributed by atoms with Gasteiger partial charge in [0.2, 0.25) is 11.8 Å². The topological polar surface area (TPSA) is 70.7 Å². The quantitative estimate of drug-likeness (QED) is 0.685. The fourth-order valence-electron chi connectivity index (χ4n) is 7.33. The predicted octanol–water partition coefficient (Wildman–Crippen LogP) is 3.11. The van der Waals surface area contributed by atoms with Gasteiger partial charge in [0.25, 0.3) is 0 Å². The van der Waals surface area contributed by atoms with Crippen LogP contribution in [0.2, 0.25) is 0 Å². The highest BCUT2D eigenvalue weighted by molar-refractivity contribution is 5.88. The first-order chi connectivity index (χ1) is 15.5. The van der Waals surface area contributed by atoms with Crippen LogP contribution >= 0.6 is 0 Å². The first kappa shape index (κ1) is 21.7. The molecule has 6 rings (SSSR count). The first-order valence-electron chi connectivity index (χ1n) is 12.4. The molecule has 32 heavy (non-hydrogen) atoms. The molecule has 1 heterocycles. The van der Waals surface area contributed by atoms with Crippen molar-refractivity contribution in [2.45, 2.75) is 64.0 Å². The summed E-state index contributed by atoms with van der Waals surface area (Å²) in [7, 11) is 1.71. The van der Waals surface area contributed by atoms with Gasteiger partial charge in [-0.15, -0.1) is 0 Å². The molecule has 0 radical (unpaired) electrons. The summed E-state index contributed by atoms with van der Waals surface area (Å²) in [5.41, 5.74) is 1.02. The van der Waals surface area contributed by atoms with Crippen molar-refractivity contribution >= 4 is 11.8 Å². The van der Waals surface area contributed by atoms with E-state index in [2.05, 4.69) is 21.6 Å². The summed E-state index contributed by atoms with van der Waals surface area (Å²) in [6, 6.07) is 8.33. The Kier molecular flexibility index (Phi) is 6.15. The van der Waals surface area contributed by atoms with Crippen LogP contribution < -0.4 is 15.4 Å². The number of rotatable bonds is 7. The number of hydrogen-bond donors (Lipinski definition) is 2. The monoisotopic (exact) mass is 439 g/mol. The molecule has 0 atom stereocenters. The zero-order valence-corrected chi connectivity index (χ0v) is 19.3. The van der Waals surface area contributed by atoms with Crippen LogP contribution in [-0.2, 0) is 16.1 Å². The molecule has 2 N–H and O–H groups in total. The smallest absolute Gasteiger partial charge is 0.239 e. The van der Waals surface area contributed by atoms with Gasteiger partial charge < -0.3 is 15.4 Å². The van der Waals surface area contributed by atoms with Gasteiger partial charge in [-0.3, -0.25) is 14.5 Å². The number of carbonyl (C=O) groups is 2. The zero-order chi connectivity index (χ0) is 22.1. The van der Waals surface area contributed by atoms with Crippen molar-refractivity contribution in [1.29, 1.82) is 0 Å². The Balaban J connectivity index is 1.05. The molecular formula is C26H37N3O3. The minimum absolute atomic E-state index is 0.0498. The molecular weight excluding hydrogens is 402 g/mol. The average Bonchev–Trinajstić information content (AvgIpc) is 2.78. The fourth-order valence-corrected chi connectivity index (χ4v) is 7.33. The van der Waals surface area contributed by atoms with Crippen LogP contribution in [0.15, 0.2) is 24.3 Å². The van der Waals surface area contributed by atoms with E-state index in [0.717, 1.165) is 75.2 Å². The van der Waals surface area contributed by atoms with Gasteiger partial charge in [0.05, 0.1) is 13.7 Å². The minimum atomic E-state index is -0.182. The summed E-state index contributed by atoms with van der Waals surface area (Å²) < 4.78 is 5.47. The molecule has 4 saturated carbocycles. The third kappa shape index (κ3) is 4.52. The van der Waals surface area contributed by atoms with Crippen molar-refractivity contribution in [3.8, 4) is 5.75 Å². The summed E-state index contributed by atoms with van der Waals surface area (Å²) in [6.45, 7) is 2.87. The van der Waals surface area contributed by atoms with Gasteiger partial charge in [-0.2, -0.15) is 0 Å². The number of hydrogen-bond acceptors (Lipinski definition) is 4. The van der Waals surface area contributed by atoms with Crippen LogP contribution in [0.3, 0.4) is 0 Å². The van der Waals surface area contributed by atoms with E-state index in [0.29, 0.717) is 0 Å². The molecule has 1 aliphatic heterocycles. The molecule has 2 amide bonds. The number of nitrogens with zero attached hydrogens (tertiary/aromatic N) is 1. The van der Waals surface area contributed by atoms with E-state index in [1.54, 1.807) is 7.11 Å². The predicted molar refractivity (Wildman–Crippen MR) is 123 cm³/mol. The van der Waals surface area contributed by atoms with Crippen LogP contribution in [0.4, 0.5) is 0 Å². The summed E-state index contributed by atoms with van der Waals surface area (Å²) in [5, 5.41) is 6.16. The van der Waals surface area contributed by atoms with Gasteiger partial charge in [0.1, 0.15) is 5.75 Å². The second-order valence-electron chi connectivity index (χ2n) is 10.8. The molecule has 0 spiro atoms. The number of amides is 2. The maximum atomic E-state index is 13.1. The van der Waals surface area contributed by atoms with Crippen LogP contribution in [0.25, 0.3) is 0 Å². The molecule has 5 fully saturated rings. The number of likely N-dealkylation sites (tertiary alicyclic amines) is 1. The Morgan fingerprint density at radius 2 is 1.66 bits per heavy atom. The minimum Gasteiger partial charge on any atom is -0.496 e. The van der Waals surface area contributed by atoms with E-state index in [-0.39, 0.29) is 29.8 Å². The van der Waals surface area contributed by atoms with Crippen molar-refractivity contribution in [3.05, 3.63) is 29.8 Å². The molecule has 1 aromatic rings. The van der Waals surface area contributed by atoms with Gasteiger partial charge in [-0.1, -0.05) is 18.2 Å². The molecule has 0 aromatic heterocycles. The third-order valence-electron chi connectivity index (χ3n) is 8.47. The van der Waals surface area contributed by atoms with Gasteiger partial charge in [0, 0.05) is 36.7 Å². The maximum Gasteiger partial charge on any atom is 0.239 e. The Labute approximate surface area is 191 Å². The number of para-hydroxylation sites is 1. The number of benzene rings is 1. The first-order valence-corrected chi connectivity index (χ1v) is 12.4. The molecule has 6 heteroatoms. The van der Waals surface area contributed by atoms with Gasteiger partial charge in [-0.25, -0.2) is 0 Å². The van der Waals surface area contributed by atoms with Gasteiger partial charge >= 0.3 is 0 Å². The lowest BCUT2D eigenvalue weighted by atomic mass is 9.49. The van der Waals surface area contributed by atoms with Crippen LogP contribution in [0, 0.1) is 23.2 Å². The van der Waals surface area contributed by atoms with Crippen LogP contribution in [0.1, 0.15) is 56.9 Å². The van der Waals surface area contributed by atoms with E-state index in [1.807, 2.05) is 18.2 Å². The molecule has 174 valence electrons. The Morgan fingerprint density at radius 1 is 1.03 bits per heavy atom. The van der Waals surface area contributed by atoms with E-state index < -0.39 is 0 Å². The van der Waals surface area contributed by atoms with Crippen molar-refractivity contribution in [2.24, 2.45) is 23.2 Å². The van der Waals surface area contributed by atoms with Crippen LogP contribution in [-0.4, -0.2) is 49.5 Å². The van der Waals surface area contributed by atoms with Crippen LogP contribution in [0.5, 0.6) is 5.75 Å². The Hall–Kier alpha value is -2.08. The SMILES string of the molecule is COc1ccccc1CN1CCC(NC(=O)CNC(=O)C23CC4CC(CC(C4)C2)C3)CC1. The molecule has 0 unspecified atom stereocenters. The highest BCUT2D eigenvalue weighted by Gasteiger charge is 2.54. The van der Waals surface area contributed by atoms with Crippen molar-refractivity contribution in [3.63, 3.8) is 0 Å². The average molecular weight is 440 g/mol. The highest BCUT2D eigenvalue weighted by atomic mass is 16.5. The van der Waals surface area contributed by atoms with Gasteiger partial charge in [0.15, 0.2) is 0 Å². The molecule has 4 aliphatic carbocycles. The highest BCUT2D eigenvalue weighted by Crippen LogP contribution is 2.60. The summed E-state index contributed by atoms with van der Waals surface area (Å²) in [5.74, 6) is 3.23. The Morgan fingerprint density at radius 3 is 2.28 bits per heavy atom. The lowest BCUT2D eigenvalue weighted by Gasteiger charge is -2.55. The summed E-state index contributed by atoms with van der Waals surface area (Å²) in [6.07, 6.45) is 8.95. The van der Waals surface area contributed by atoms with Gasteiger partial charge in [-0.05, 0) is 75.2 Å². The maximum absolute atomic E-state index is 13.1. The zero-order valence-electron chi connectivity index (χ0n) is 19.3. The van der Waals surface area contributed by atoms with Crippen molar-refractivity contribution in [1.82, 2.24) is 15.5 Å². The van der Waals surface area contributed by atoms with E-state index in [9.17, 15) is 9.59 Å². The Bertz CT molecular complexity index is 811. The van der Waals surface area contributed by atoms with Crippen molar-refractivity contribution < 1.29 is 14.3 Å². The van der Waals surface area contributed by atoms with E-state index in [4.69, 9.17) is 4.74 Å². The van der Waals surface area contributed by atoms with E-state index >= 15 is 0 Å². The molecule has 6 nitrogen and oxygen atoms in total. The second-order valence-corrected chi connectivity index (χ2v) is 10.8. The lowest BCUT2D eigenvalue weighted by Crippen LogP contribution is -2.55. The molecule has 1 aromatic carbocycles. The number of nitrogens with one attached hydrogen (secondary N) is 2. The van der Waals surface area contributed by atoms with Crippen molar-refractivity contribution in [2.75, 3.05) is 26.7 Å². The number of ether oxygens (including phenoxy) is 1. The largest absolute Gasteiger partial charge is 0.496 e. The fraction of sp³-hybridized carbons (Fsp3) is 0.692. The standard InChI is InChI=1S/C26H37N3O3/c1-32-23-5-3-2-4-21(23)17-29-8-6-22(7-9-29)28-24(30)16-27-25(31)26-13-18-10-19(14-26)12-20(11-18)15-26/h2-5,18-20,22H,6-17H2,1H3,(H,27,31)(H,28,30). The lowest BCUT2D eigenvalue weighted by molar-refractivity contribution is -0.147. The summed E-state index contributed by atoms with van der Waals surface area (Å²) >= 11 is 0.